The Labute approximate surface area is 143 Å². The molecule has 0 spiro atoms. The van der Waals surface area contributed by atoms with Crippen LogP contribution in [0.2, 0.25) is 0 Å². The zero-order valence-corrected chi connectivity index (χ0v) is 14.6. The Bertz CT molecular complexity index is 549. The van der Waals surface area contributed by atoms with Gasteiger partial charge in [-0.05, 0) is 43.0 Å². The molecule has 5 heteroatoms. The molecule has 132 valence electrons. The summed E-state index contributed by atoms with van der Waals surface area (Å²) in [5.41, 5.74) is 0. The van der Waals surface area contributed by atoms with Crippen LogP contribution in [0.25, 0.3) is 0 Å². The van der Waals surface area contributed by atoms with Crippen molar-refractivity contribution in [1.29, 1.82) is 0 Å². The van der Waals surface area contributed by atoms with Gasteiger partial charge in [0.15, 0.2) is 0 Å². The number of carbonyl (C=O) groups excluding carboxylic acids is 2. The average Bonchev–Trinajstić information content (AvgIpc) is 2.60. The van der Waals surface area contributed by atoms with E-state index in [4.69, 9.17) is 14.2 Å². The van der Waals surface area contributed by atoms with Gasteiger partial charge in [-0.1, -0.05) is 26.7 Å². The number of benzene rings is 1. The fraction of sp³-hybridized carbons (Fsp3) is 0.579. The molecule has 5 nitrogen and oxygen atoms in total. The number of rotatable bonds is 6. The van der Waals surface area contributed by atoms with Gasteiger partial charge >= 0.3 is 11.9 Å². The van der Waals surface area contributed by atoms with Gasteiger partial charge in [-0.2, -0.15) is 0 Å². The van der Waals surface area contributed by atoms with Crippen LogP contribution in [-0.4, -0.2) is 25.7 Å². The third kappa shape index (κ3) is 4.98. The van der Waals surface area contributed by atoms with Crippen LogP contribution in [0.1, 0.15) is 39.5 Å². The van der Waals surface area contributed by atoms with E-state index >= 15 is 0 Å². The molecule has 1 saturated carbocycles. The molecule has 0 bridgehead atoms. The van der Waals surface area contributed by atoms with E-state index in [1.54, 1.807) is 31.4 Å². The van der Waals surface area contributed by atoms with E-state index in [9.17, 15) is 9.59 Å². The van der Waals surface area contributed by atoms with E-state index in [0.717, 1.165) is 12.8 Å². The highest BCUT2D eigenvalue weighted by Crippen LogP contribution is 2.32. The minimum Gasteiger partial charge on any atom is -0.497 e. The van der Waals surface area contributed by atoms with Gasteiger partial charge in [-0.25, -0.2) is 0 Å². The molecule has 1 fully saturated rings. The van der Waals surface area contributed by atoms with Gasteiger partial charge in [-0.15, -0.1) is 0 Å². The fourth-order valence-corrected chi connectivity index (χ4v) is 2.89. The maximum atomic E-state index is 12.5. The molecule has 1 aromatic carbocycles. The van der Waals surface area contributed by atoms with Gasteiger partial charge in [0, 0.05) is 0 Å². The van der Waals surface area contributed by atoms with Crippen LogP contribution in [0, 0.1) is 17.8 Å². The van der Waals surface area contributed by atoms with E-state index < -0.39 is 11.8 Å². The fourth-order valence-electron chi connectivity index (χ4n) is 2.89. The summed E-state index contributed by atoms with van der Waals surface area (Å²) in [5, 5.41) is 0. The van der Waals surface area contributed by atoms with Gasteiger partial charge < -0.3 is 14.2 Å². The molecule has 2 unspecified atom stereocenters. The second kappa shape index (κ2) is 8.71. The summed E-state index contributed by atoms with van der Waals surface area (Å²) < 4.78 is 15.9. The lowest BCUT2D eigenvalue weighted by Crippen LogP contribution is -2.36. The van der Waals surface area contributed by atoms with Gasteiger partial charge in [0.25, 0.3) is 0 Å². The Morgan fingerprint density at radius 2 is 1.54 bits per heavy atom. The lowest BCUT2D eigenvalue weighted by atomic mass is 9.79. The highest BCUT2D eigenvalue weighted by Gasteiger charge is 2.38. The monoisotopic (exact) mass is 334 g/mol. The van der Waals surface area contributed by atoms with E-state index in [2.05, 4.69) is 0 Å². The van der Waals surface area contributed by atoms with E-state index in [0.29, 0.717) is 30.9 Å². The zero-order chi connectivity index (χ0) is 17.5. The number of methoxy groups -OCH3 is 1. The van der Waals surface area contributed by atoms with Crippen molar-refractivity contribution in [2.75, 3.05) is 13.7 Å². The SMILES string of the molecule is COc1ccc(OC(=O)C2CCCCC2C(=O)OCC(C)C)cc1. The molecule has 2 atom stereocenters. The first-order valence-corrected chi connectivity index (χ1v) is 8.53. The minimum atomic E-state index is -0.430. The van der Waals surface area contributed by atoms with Gasteiger partial charge in [-0.3, -0.25) is 9.59 Å². The normalized spacial score (nSPS) is 20.5. The quantitative estimate of drug-likeness (QED) is 0.587. The van der Waals surface area contributed by atoms with Crippen molar-refractivity contribution in [1.82, 2.24) is 0 Å². The van der Waals surface area contributed by atoms with Crippen LogP contribution in [0.4, 0.5) is 0 Å². The molecule has 24 heavy (non-hydrogen) atoms. The van der Waals surface area contributed by atoms with Crippen LogP contribution in [0.15, 0.2) is 24.3 Å². The summed E-state index contributed by atoms with van der Waals surface area (Å²) in [6.45, 7) is 4.36. The Kier molecular flexibility index (Phi) is 6.64. The van der Waals surface area contributed by atoms with Crippen LogP contribution in [0.3, 0.4) is 0 Å². The van der Waals surface area contributed by atoms with Crippen LogP contribution >= 0.6 is 0 Å². The molecule has 0 amide bonds. The Hall–Kier alpha value is -2.04. The summed E-state index contributed by atoms with van der Waals surface area (Å²) in [6, 6.07) is 6.84. The maximum Gasteiger partial charge on any atom is 0.315 e. The molecule has 0 radical (unpaired) electrons. The first-order valence-electron chi connectivity index (χ1n) is 8.53. The van der Waals surface area contributed by atoms with Gasteiger partial charge in [0.05, 0.1) is 25.6 Å². The predicted octanol–water partition coefficient (Wildman–Crippen LogP) is 3.61. The number of hydrogen-bond donors (Lipinski definition) is 0. The molecule has 1 aromatic rings. The summed E-state index contributed by atoms with van der Waals surface area (Å²) in [4.78, 5) is 24.8. The predicted molar refractivity (Wildman–Crippen MR) is 89.9 cm³/mol. The number of ether oxygens (including phenoxy) is 3. The van der Waals surface area contributed by atoms with Crippen molar-refractivity contribution >= 4 is 11.9 Å². The lowest BCUT2D eigenvalue weighted by Gasteiger charge is -2.28. The second-order valence-corrected chi connectivity index (χ2v) is 6.62. The van der Waals surface area contributed by atoms with E-state index in [1.807, 2.05) is 13.8 Å². The zero-order valence-electron chi connectivity index (χ0n) is 14.6. The number of esters is 2. The van der Waals surface area contributed by atoms with Crippen LogP contribution in [-0.2, 0) is 14.3 Å². The molecule has 0 saturated heterocycles. The van der Waals surface area contributed by atoms with Crippen molar-refractivity contribution in [2.24, 2.45) is 17.8 Å². The highest BCUT2D eigenvalue weighted by atomic mass is 16.5. The Morgan fingerprint density at radius 1 is 1.00 bits per heavy atom. The van der Waals surface area contributed by atoms with Crippen molar-refractivity contribution < 1.29 is 23.8 Å². The standard InChI is InChI=1S/C19H26O5/c1-13(2)12-23-18(20)16-6-4-5-7-17(16)19(21)24-15-10-8-14(22-3)9-11-15/h8-11,13,16-17H,4-7,12H2,1-3H3. The second-order valence-electron chi connectivity index (χ2n) is 6.62. The van der Waals surface area contributed by atoms with Crippen molar-refractivity contribution in [3.05, 3.63) is 24.3 Å². The lowest BCUT2D eigenvalue weighted by molar-refractivity contribution is -0.159. The average molecular weight is 334 g/mol. The summed E-state index contributed by atoms with van der Waals surface area (Å²) in [5.74, 6) is -0.0271. The number of hydrogen-bond acceptors (Lipinski definition) is 5. The molecular weight excluding hydrogens is 308 g/mol. The largest absolute Gasteiger partial charge is 0.497 e. The molecule has 1 aliphatic rings. The molecule has 1 aliphatic carbocycles. The molecule has 0 aliphatic heterocycles. The maximum absolute atomic E-state index is 12.5. The summed E-state index contributed by atoms with van der Waals surface area (Å²) in [7, 11) is 1.58. The van der Waals surface area contributed by atoms with Gasteiger partial charge in [0.1, 0.15) is 11.5 Å². The molecule has 0 heterocycles. The van der Waals surface area contributed by atoms with Crippen LogP contribution in [0.5, 0.6) is 11.5 Å². The van der Waals surface area contributed by atoms with Crippen LogP contribution < -0.4 is 9.47 Å². The molecular formula is C19H26O5. The number of carbonyl (C=O) groups is 2. The van der Waals surface area contributed by atoms with E-state index in [-0.39, 0.29) is 17.9 Å². The smallest absolute Gasteiger partial charge is 0.315 e. The Morgan fingerprint density at radius 3 is 2.08 bits per heavy atom. The Balaban J connectivity index is 1.99. The third-order valence-corrected chi connectivity index (χ3v) is 4.21. The van der Waals surface area contributed by atoms with Gasteiger partial charge in [0.2, 0.25) is 0 Å². The highest BCUT2D eigenvalue weighted by molar-refractivity contribution is 5.83. The first kappa shape index (κ1) is 18.3. The molecule has 2 rings (SSSR count). The topological polar surface area (TPSA) is 61.8 Å². The van der Waals surface area contributed by atoms with Crippen molar-refractivity contribution in [3.8, 4) is 11.5 Å². The van der Waals surface area contributed by atoms with Crippen molar-refractivity contribution in [3.63, 3.8) is 0 Å². The van der Waals surface area contributed by atoms with E-state index in [1.165, 1.54) is 0 Å². The van der Waals surface area contributed by atoms with Crippen molar-refractivity contribution in [2.45, 2.75) is 39.5 Å². The molecule has 0 aromatic heterocycles. The minimum absolute atomic E-state index is 0.278. The third-order valence-electron chi connectivity index (χ3n) is 4.21. The summed E-state index contributed by atoms with van der Waals surface area (Å²) >= 11 is 0. The molecule has 0 N–H and O–H groups in total. The first-order chi connectivity index (χ1) is 11.5. The summed E-state index contributed by atoms with van der Waals surface area (Å²) in [6.07, 6.45) is 3.21.